The maximum absolute atomic E-state index is 10.6. The van der Waals surface area contributed by atoms with Gasteiger partial charge in [0.15, 0.2) is 0 Å². The third kappa shape index (κ3) is 3.62. The SMILES string of the molecule is Cc1ccc([C@H](C)NCc2ccc([N+](=O)[O-])s2)cc1. The lowest BCUT2D eigenvalue weighted by Gasteiger charge is -2.13. The zero-order chi connectivity index (χ0) is 13.8. The summed E-state index contributed by atoms with van der Waals surface area (Å²) in [5.74, 6) is 0. The third-order valence-electron chi connectivity index (χ3n) is 2.99. The van der Waals surface area contributed by atoms with E-state index in [9.17, 15) is 10.1 Å². The van der Waals surface area contributed by atoms with Gasteiger partial charge in [-0.3, -0.25) is 10.1 Å². The first-order valence-corrected chi connectivity index (χ1v) is 6.91. The molecule has 0 aliphatic heterocycles. The van der Waals surface area contributed by atoms with Crippen molar-refractivity contribution in [3.05, 3.63) is 62.5 Å². The molecular weight excluding hydrogens is 260 g/mol. The Labute approximate surface area is 116 Å². The van der Waals surface area contributed by atoms with Crippen LogP contribution in [-0.4, -0.2) is 4.92 Å². The molecule has 0 unspecified atom stereocenters. The molecular formula is C14H16N2O2S. The molecule has 0 radical (unpaired) electrons. The zero-order valence-electron chi connectivity index (χ0n) is 10.9. The first-order chi connectivity index (χ1) is 9.06. The smallest absolute Gasteiger partial charge is 0.305 e. The fourth-order valence-corrected chi connectivity index (χ4v) is 2.56. The predicted molar refractivity (Wildman–Crippen MR) is 77.4 cm³/mol. The predicted octanol–water partition coefficient (Wildman–Crippen LogP) is 3.82. The molecule has 1 atom stereocenters. The summed E-state index contributed by atoms with van der Waals surface area (Å²) in [5, 5.41) is 14.2. The Morgan fingerprint density at radius 2 is 1.95 bits per heavy atom. The van der Waals surface area contributed by atoms with Gasteiger partial charge in [0.2, 0.25) is 0 Å². The average molecular weight is 276 g/mol. The van der Waals surface area contributed by atoms with E-state index >= 15 is 0 Å². The minimum absolute atomic E-state index is 0.194. The first-order valence-electron chi connectivity index (χ1n) is 6.09. The fourth-order valence-electron chi connectivity index (χ4n) is 1.79. The Kier molecular flexibility index (Phi) is 4.29. The maximum Gasteiger partial charge on any atom is 0.324 e. The molecule has 0 saturated carbocycles. The molecule has 0 bridgehead atoms. The van der Waals surface area contributed by atoms with Gasteiger partial charge in [-0.05, 0) is 25.5 Å². The Bertz CT molecular complexity index is 563. The van der Waals surface area contributed by atoms with Crippen molar-refractivity contribution in [1.82, 2.24) is 5.32 Å². The fraction of sp³-hybridized carbons (Fsp3) is 0.286. The van der Waals surface area contributed by atoms with Crippen molar-refractivity contribution in [2.24, 2.45) is 0 Å². The van der Waals surface area contributed by atoms with Gasteiger partial charge in [0.05, 0.1) is 4.92 Å². The van der Waals surface area contributed by atoms with E-state index in [1.54, 1.807) is 12.1 Å². The summed E-state index contributed by atoms with van der Waals surface area (Å²) in [6, 6.07) is 12.0. The molecule has 1 aromatic heterocycles. The second kappa shape index (κ2) is 5.95. The molecule has 0 spiro atoms. The monoisotopic (exact) mass is 276 g/mol. The summed E-state index contributed by atoms with van der Waals surface area (Å²) in [6.07, 6.45) is 0. The Morgan fingerprint density at radius 3 is 2.53 bits per heavy atom. The van der Waals surface area contributed by atoms with E-state index in [1.165, 1.54) is 22.5 Å². The highest BCUT2D eigenvalue weighted by molar-refractivity contribution is 7.15. The quantitative estimate of drug-likeness (QED) is 0.667. The van der Waals surface area contributed by atoms with E-state index in [2.05, 4.69) is 43.4 Å². The molecule has 1 N–H and O–H groups in total. The highest BCUT2D eigenvalue weighted by atomic mass is 32.1. The van der Waals surface area contributed by atoms with Gasteiger partial charge in [-0.15, -0.1) is 0 Å². The van der Waals surface area contributed by atoms with Gasteiger partial charge in [0, 0.05) is 23.5 Å². The minimum atomic E-state index is -0.350. The number of thiophene rings is 1. The van der Waals surface area contributed by atoms with Crippen LogP contribution < -0.4 is 5.32 Å². The summed E-state index contributed by atoms with van der Waals surface area (Å²) in [4.78, 5) is 11.2. The van der Waals surface area contributed by atoms with Crippen LogP contribution in [0.5, 0.6) is 0 Å². The van der Waals surface area contributed by atoms with Crippen molar-refractivity contribution < 1.29 is 4.92 Å². The van der Waals surface area contributed by atoms with Crippen LogP contribution in [0.25, 0.3) is 0 Å². The molecule has 0 amide bonds. The number of aryl methyl sites for hydroxylation is 1. The topological polar surface area (TPSA) is 55.2 Å². The number of hydrogen-bond acceptors (Lipinski definition) is 4. The van der Waals surface area contributed by atoms with Crippen LogP contribution in [0.3, 0.4) is 0 Å². The van der Waals surface area contributed by atoms with Crippen molar-refractivity contribution in [3.63, 3.8) is 0 Å². The Hall–Kier alpha value is -1.72. The van der Waals surface area contributed by atoms with Gasteiger partial charge >= 0.3 is 5.00 Å². The van der Waals surface area contributed by atoms with Gasteiger partial charge in [-0.2, -0.15) is 0 Å². The third-order valence-corrected chi connectivity index (χ3v) is 4.02. The molecule has 1 heterocycles. The van der Waals surface area contributed by atoms with E-state index in [1.807, 2.05) is 0 Å². The Balaban J connectivity index is 1.94. The van der Waals surface area contributed by atoms with Crippen molar-refractivity contribution in [2.45, 2.75) is 26.4 Å². The number of rotatable bonds is 5. The second-order valence-electron chi connectivity index (χ2n) is 4.51. The van der Waals surface area contributed by atoms with Gasteiger partial charge in [0.1, 0.15) is 0 Å². The van der Waals surface area contributed by atoms with Crippen LogP contribution in [-0.2, 0) is 6.54 Å². The molecule has 4 nitrogen and oxygen atoms in total. The van der Waals surface area contributed by atoms with Crippen LogP contribution in [0.1, 0.15) is 29.0 Å². The number of nitrogens with zero attached hydrogens (tertiary/aromatic N) is 1. The average Bonchev–Trinajstić information content (AvgIpc) is 2.86. The summed E-state index contributed by atoms with van der Waals surface area (Å²) < 4.78 is 0. The molecule has 0 saturated heterocycles. The van der Waals surface area contributed by atoms with Crippen LogP contribution in [0.2, 0.25) is 0 Å². The van der Waals surface area contributed by atoms with E-state index in [0.717, 1.165) is 4.88 Å². The summed E-state index contributed by atoms with van der Waals surface area (Å²) in [5.41, 5.74) is 2.46. The summed E-state index contributed by atoms with van der Waals surface area (Å²) in [7, 11) is 0. The lowest BCUT2D eigenvalue weighted by molar-refractivity contribution is -0.380. The van der Waals surface area contributed by atoms with Crippen molar-refractivity contribution in [3.8, 4) is 0 Å². The molecule has 2 aromatic rings. The van der Waals surface area contributed by atoms with Crippen molar-refractivity contribution in [2.75, 3.05) is 0 Å². The lowest BCUT2D eigenvalue weighted by atomic mass is 10.1. The van der Waals surface area contributed by atoms with Crippen LogP contribution in [0.15, 0.2) is 36.4 Å². The van der Waals surface area contributed by atoms with E-state index < -0.39 is 0 Å². The van der Waals surface area contributed by atoms with E-state index in [0.29, 0.717) is 6.54 Å². The lowest BCUT2D eigenvalue weighted by Crippen LogP contribution is -2.17. The van der Waals surface area contributed by atoms with Crippen LogP contribution in [0, 0.1) is 17.0 Å². The number of nitro groups is 1. The maximum atomic E-state index is 10.6. The van der Waals surface area contributed by atoms with Gasteiger partial charge < -0.3 is 5.32 Å². The molecule has 5 heteroatoms. The van der Waals surface area contributed by atoms with Crippen molar-refractivity contribution in [1.29, 1.82) is 0 Å². The van der Waals surface area contributed by atoms with E-state index in [-0.39, 0.29) is 16.0 Å². The molecule has 0 aliphatic carbocycles. The second-order valence-corrected chi connectivity index (χ2v) is 5.66. The standard InChI is InChI=1S/C14H16N2O2S/c1-10-3-5-12(6-4-10)11(2)15-9-13-7-8-14(19-13)16(17)18/h3-8,11,15H,9H2,1-2H3/t11-/m0/s1. The Morgan fingerprint density at radius 1 is 1.26 bits per heavy atom. The first kappa shape index (κ1) is 13.7. The number of benzene rings is 1. The number of nitrogens with one attached hydrogen (secondary N) is 1. The molecule has 0 aliphatic rings. The minimum Gasteiger partial charge on any atom is -0.305 e. The molecule has 100 valence electrons. The summed E-state index contributed by atoms with van der Waals surface area (Å²) in [6.45, 7) is 4.80. The van der Waals surface area contributed by atoms with Crippen molar-refractivity contribution >= 4 is 16.3 Å². The van der Waals surface area contributed by atoms with Crippen LogP contribution >= 0.6 is 11.3 Å². The highest BCUT2D eigenvalue weighted by Crippen LogP contribution is 2.24. The van der Waals surface area contributed by atoms with Gasteiger partial charge in [-0.1, -0.05) is 41.2 Å². The number of hydrogen-bond donors (Lipinski definition) is 1. The highest BCUT2D eigenvalue weighted by Gasteiger charge is 2.10. The molecule has 1 aromatic carbocycles. The molecule has 0 fully saturated rings. The molecule has 19 heavy (non-hydrogen) atoms. The normalized spacial score (nSPS) is 12.3. The van der Waals surface area contributed by atoms with E-state index in [4.69, 9.17) is 0 Å². The van der Waals surface area contributed by atoms with Crippen LogP contribution in [0.4, 0.5) is 5.00 Å². The largest absolute Gasteiger partial charge is 0.324 e. The van der Waals surface area contributed by atoms with Gasteiger partial charge in [-0.25, -0.2) is 0 Å². The van der Waals surface area contributed by atoms with Gasteiger partial charge in [0.25, 0.3) is 0 Å². The summed E-state index contributed by atoms with van der Waals surface area (Å²) >= 11 is 1.22. The molecule has 2 rings (SSSR count). The zero-order valence-corrected chi connectivity index (χ0v) is 11.7.